The SMILES string of the molecule is CCCCCCCC(CCCC)OC(=O)C(Cl)(C(=O)Nc1ccccc1)C(=O)OC. The molecule has 0 saturated carbocycles. The Kier molecular flexibility index (Phi) is 12.1. The molecule has 0 bridgehead atoms. The van der Waals surface area contributed by atoms with Crippen molar-refractivity contribution in [2.24, 2.45) is 0 Å². The van der Waals surface area contributed by atoms with Crippen LogP contribution >= 0.6 is 11.6 Å². The highest BCUT2D eigenvalue weighted by Gasteiger charge is 2.55. The molecule has 1 aromatic carbocycles. The van der Waals surface area contributed by atoms with Gasteiger partial charge in [0.15, 0.2) is 0 Å². The highest BCUT2D eigenvalue weighted by atomic mass is 35.5. The van der Waals surface area contributed by atoms with E-state index < -0.39 is 28.8 Å². The van der Waals surface area contributed by atoms with Crippen LogP contribution in [0.15, 0.2) is 30.3 Å². The van der Waals surface area contributed by atoms with Crippen molar-refractivity contribution in [2.45, 2.75) is 82.6 Å². The van der Waals surface area contributed by atoms with Gasteiger partial charge in [0.1, 0.15) is 6.10 Å². The summed E-state index contributed by atoms with van der Waals surface area (Å²) in [6.45, 7) is 4.20. The summed E-state index contributed by atoms with van der Waals surface area (Å²) in [7, 11) is 1.07. The molecule has 2 atom stereocenters. The second-order valence-electron chi connectivity index (χ2n) is 7.34. The summed E-state index contributed by atoms with van der Waals surface area (Å²) in [6.07, 6.45) is 8.16. The molecule has 1 N–H and O–H groups in total. The Bertz CT molecular complexity index is 667. The molecule has 0 aliphatic rings. The van der Waals surface area contributed by atoms with Gasteiger partial charge < -0.3 is 14.8 Å². The quantitative estimate of drug-likeness (QED) is 0.185. The van der Waals surface area contributed by atoms with Crippen LogP contribution in [-0.2, 0) is 23.9 Å². The number of methoxy groups -OCH3 is 1. The van der Waals surface area contributed by atoms with E-state index in [9.17, 15) is 14.4 Å². The molecule has 7 heteroatoms. The molecule has 0 aromatic heterocycles. The Morgan fingerprint density at radius 1 is 0.933 bits per heavy atom. The maximum absolute atomic E-state index is 12.9. The lowest BCUT2D eigenvalue weighted by Crippen LogP contribution is -2.53. The molecule has 0 aliphatic heterocycles. The number of alkyl halides is 1. The van der Waals surface area contributed by atoms with Crippen LogP contribution in [0, 0.1) is 0 Å². The average Bonchev–Trinajstić information content (AvgIpc) is 2.76. The number of hydrogen-bond acceptors (Lipinski definition) is 5. The van der Waals surface area contributed by atoms with Crippen molar-refractivity contribution in [3.8, 4) is 0 Å². The zero-order valence-corrected chi connectivity index (χ0v) is 19.0. The third-order valence-electron chi connectivity index (χ3n) is 4.88. The van der Waals surface area contributed by atoms with Crippen LogP contribution in [0.2, 0.25) is 0 Å². The molecule has 168 valence electrons. The van der Waals surface area contributed by atoms with Gasteiger partial charge >= 0.3 is 16.8 Å². The summed E-state index contributed by atoms with van der Waals surface area (Å²) in [4.78, 5) is 35.4. The number of para-hydroxylation sites is 1. The van der Waals surface area contributed by atoms with Gasteiger partial charge in [-0.3, -0.25) is 4.79 Å². The first-order valence-corrected chi connectivity index (χ1v) is 11.1. The van der Waals surface area contributed by atoms with Gasteiger partial charge in [-0.1, -0.05) is 82.2 Å². The van der Waals surface area contributed by atoms with Gasteiger partial charge in [0.25, 0.3) is 5.91 Å². The van der Waals surface area contributed by atoms with Gasteiger partial charge in [-0.05, 0) is 31.4 Å². The molecular weight excluding hydrogens is 406 g/mol. The van der Waals surface area contributed by atoms with Crippen LogP contribution < -0.4 is 5.32 Å². The number of unbranched alkanes of at least 4 members (excludes halogenated alkanes) is 5. The van der Waals surface area contributed by atoms with E-state index in [0.29, 0.717) is 18.5 Å². The molecular formula is C23H34ClNO5. The lowest BCUT2D eigenvalue weighted by molar-refractivity contribution is -0.163. The topological polar surface area (TPSA) is 81.7 Å². The van der Waals surface area contributed by atoms with Gasteiger partial charge in [-0.2, -0.15) is 0 Å². The maximum atomic E-state index is 12.9. The van der Waals surface area contributed by atoms with E-state index in [1.54, 1.807) is 30.3 Å². The highest BCUT2D eigenvalue weighted by molar-refractivity contribution is 6.57. The van der Waals surface area contributed by atoms with E-state index in [4.69, 9.17) is 16.3 Å². The van der Waals surface area contributed by atoms with E-state index in [-0.39, 0.29) is 0 Å². The number of amides is 1. The number of halogens is 1. The molecule has 30 heavy (non-hydrogen) atoms. The largest absolute Gasteiger partial charge is 0.467 e. The molecule has 2 unspecified atom stereocenters. The fraction of sp³-hybridized carbons (Fsp3) is 0.609. The number of anilines is 1. The maximum Gasteiger partial charge on any atom is 0.349 e. The first-order valence-electron chi connectivity index (χ1n) is 10.7. The summed E-state index contributed by atoms with van der Waals surface area (Å²) in [5.41, 5.74) is 0.405. The summed E-state index contributed by atoms with van der Waals surface area (Å²) < 4.78 is 10.2. The molecule has 6 nitrogen and oxygen atoms in total. The normalized spacial score (nSPS) is 13.7. The Morgan fingerprint density at radius 3 is 2.13 bits per heavy atom. The number of benzene rings is 1. The molecule has 0 heterocycles. The van der Waals surface area contributed by atoms with E-state index >= 15 is 0 Å². The van der Waals surface area contributed by atoms with E-state index in [2.05, 4.69) is 17.0 Å². The predicted molar refractivity (Wildman–Crippen MR) is 118 cm³/mol. The number of rotatable bonds is 14. The minimum Gasteiger partial charge on any atom is -0.467 e. The van der Waals surface area contributed by atoms with Gasteiger partial charge in [0, 0.05) is 5.69 Å². The molecule has 0 spiro atoms. The minimum atomic E-state index is -2.60. The third kappa shape index (κ3) is 7.98. The zero-order chi connectivity index (χ0) is 22.4. The van der Waals surface area contributed by atoms with Gasteiger partial charge in [-0.15, -0.1) is 0 Å². The molecule has 1 aromatic rings. The van der Waals surface area contributed by atoms with Crippen LogP contribution in [0.3, 0.4) is 0 Å². The molecule has 0 aliphatic carbocycles. The molecule has 0 radical (unpaired) electrons. The predicted octanol–water partition coefficient (Wildman–Crippen LogP) is 5.24. The number of ether oxygens (including phenoxy) is 2. The number of carbonyl (C=O) groups excluding carboxylic acids is 3. The number of carbonyl (C=O) groups is 3. The number of hydrogen-bond donors (Lipinski definition) is 1. The Morgan fingerprint density at radius 2 is 1.53 bits per heavy atom. The van der Waals surface area contributed by atoms with Crippen molar-refractivity contribution in [1.82, 2.24) is 0 Å². The fourth-order valence-electron chi connectivity index (χ4n) is 3.05. The lowest BCUT2D eigenvalue weighted by Gasteiger charge is -2.25. The van der Waals surface area contributed by atoms with Crippen LogP contribution in [0.1, 0.15) is 71.6 Å². The van der Waals surface area contributed by atoms with Crippen molar-refractivity contribution in [3.05, 3.63) is 30.3 Å². The first kappa shape index (κ1) is 26.0. The summed E-state index contributed by atoms with van der Waals surface area (Å²) in [6, 6.07) is 8.44. The van der Waals surface area contributed by atoms with Crippen molar-refractivity contribution >= 4 is 35.1 Å². The van der Waals surface area contributed by atoms with Crippen molar-refractivity contribution in [3.63, 3.8) is 0 Å². The monoisotopic (exact) mass is 439 g/mol. The fourth-order valence-corrected chi connectivity index (χ4v) is 3.22. The minimum absolute atomic E-state index is 0.397. The third-order valence-corrected chi connectivity index (χ3v) is 5.36. The van der Waals surface area contributed by atoms with E-state index in [1.807, 2.05) is 6.92 Å². The number of nitrogens with one attached hydrogen (secondary N) is 1. The van der Waals surface area contributed by atoms with Crippen LogP contribution in [0.25, 0.3) is 0 Å². The van der Waals surface area contributed by atoms with Crippen LogP contribution in [0.5, 0.6) is 0 Å². The van der Waals surface area contributed by atoms with Crippen LogP contribution in [-0.4, -0.2) is 35.9 Å². The van der Waals surface area contributed by atoms with Crippen LogP contribution in [0.4, 0.5) is 5.69 Å². The Hall–Kier alpha value is -2.08. The standard InChI is InChI=1S/C23H34ClNO5/c1-4-6-8-9-13-17-19(16-7-5-2)30-22(28)23(24,21(27)29-3)20(26)25-18-14-11-10-12-15-18/h10-12,14-15,19H,4-9,13,16-17H2,1-3H3,(H,25,26). The van der Waals surface area contributed by atoms with Gasteiger partial charge in [-0.25, -0.2) is 9.59 Å². The van der Waals surface area contributed by atoms with Gasteiger partial charge in [0.2, 0.25) is 0 Å². The smallest absolute Gasteiger partial charge is 0.349 e. The highest BCUT2D eigenvalue weighted by Crippen LogP contribution is 2.25. The Labute approximate surface area is 184 Å². The second kappa shape index (κ2) is 14.0. The molecule has 0 saturated heterocycles. The molecule has 1 amide bonds. The summed E-state index contributed by atoms with van der Waals surface area (Å²) in [5, 5.41) is 2.49. The molecule has 0 fully saturated rings. The first-order chi connectivity index (χ1) is 14.4. The second-order valence-corrected chi connectivity index (χ2v) is 7.91. The summed E-state index contributed by atoms with van der Waals surface area (Å²) >= 11 is 6.26. The van der Waals surface area contributed by atoms with Crippen molar-refractivity contribution < 1.29 is 23.9 Å². The van der Waals surface area contributed by atoms with E-state index in [0.717, 1.165) is 45.6 Å². The lowest BCUT2D eigenvalue weighted by atomic mass is 10.0. The van der Waals surface area contributed by atoms with Crippen molar-refractivity contribution in [1.29, 1.82) is 0 Å². The van der Waals surface area contributed by atoms with E-state index in [1.165, 1.54) is 6.42 Å². The molecule has 1 rings (SSSR count). The zero-order valence-electron chi connectivity index (χ0n) is 18.2. The summed E-state index contributed by atoms with van der Waals surface area (Å²) in [5.74, 6) is -3.26. The van der Waals surface area contributed by atoms with Gasteiger partial charge in [0.05, 0.1) is 7.11 Å². The number of esters is 2. The van der Waals surface area contributed by atoms with Crippen molar-refractivity contribution in [2.75, 3.05) is 12.4 Å². The average molecular weight is 440 g/mol. The Balaban J connectivity index is 2.89.